The van der Waals surface area contributed by atoms with Gasteiger partial charge in [-0.05, 0) is 44.5 Å². The van der Waals surface area contributed by atoms with Gasteiger partial charge in [-0.2, -0.15) is 0 Å². The highest BCUT2D eigenvalue weighted by atomic mass is 35.5. The molecule has 1 amide bonds. The smallest absolute Gasteiger partial charge is 0.287 e. The van der Waals surface area contributed by atoms with Crippen molar-refractivity contribution >= 4 is 23.2 Å². The monoisotopic (exact) mass is 339 g/mol. The molecule has 0 aliphatic carbocycles. The Kier molecular flexibility index (Phi) is 5.96. The molecular weight excluding hydrogens is 318 g/mol. The van der Waals surface area contributed by atoms with Crippen LogP contribution in [0.15, 0.2) is 18.2 Å². The van der Waals surface area contributed by atoms with Crippen molar-refractivity contribution < 1.29 is 9.72 Å². The standard InChI is InChI=1S/C16H22ClN3O3/c1-3-7-18(2)10-12-6-8-19(11-12)16(21)13-4-5-15(20(22)23)14(17)9-13/h4-5,9,12H,3,6-8,10-11H2,1-2H3. The lowest BCUT2D eigenvalue weighted by molar-refractivity contribution is -0.384. The fourth-order valence-electron chi connectivity index (χ4n) is 3.05. The van der Waals surface area contributed by atoms with Crippen LogP contribution in [-0.2, 0) is 0 Å². The van der Waals surface area contributed by atoms with E-state index in [0.717, 1.165) is 39.0 Å². The number of nitro groups is 1. The molecule has 0 saturated carbocycles. The van der Waals surface area contributed by atoms with E-state index in [4.69, 9.17) is 11.6 Å². The molecule has 1 atom stereocenters. The summed E-state index contributed by atoms with van der Waals surface area (Å²) in [4.78, 5) is 26.9. The molecule has 1 aromatic rings. The molecule has 1 aliphatic heterocycles. The molecule has 1 unspecified atom stereocenters. The predicted octanol–water partition coefficient (Wildman–Crippen LogP) is 3.05. The van der Waals surface area contributed by atoms with E-state index in [1.54, 1.807) is 0 Å². The predicted molar refractivity (Wildman–Crippen MR) is 89.9 cm³/mol. The molecule has 1 aliphatic rings. The van der Waals surface area contributed by atoms with Crippen LogP contribution in [0.3, 0.4) is 0 Å². The van der Waals surface area contributed by atoms with Gasteiger partial charge in [-0.15, -0.1) is 0 Å². The van der Waals surface area contributed by atoms with Crippen LogP contribution in [0.4, 0.5) is 5.69 Å². The first kappa shape index (κ1) is 17.7. The number of hydrogen-bond donors (Lipinski definition) is 0. The highest BCUT2D eigenvalue weighted by Gasteiger charge is 2.28. The quantitative estimate of drug-likeness (QED) is 0.590. The number of carbonyl (C=O) groups is 1. The topological polar surface area (TPSA) is 66.7 Å². The van der Waals surface area contributed by atoms with E-state index >= 15 is 0 Å². The van der Waals surface area contributed by atoms with Crippen LogP contribution in [0.25, 0.3) is 0 Å². The second-order valence-electron chi connectivity index (χ2n) is 6.09. The SMILES string of the molecule is CCCN(C)CC1CCN(C(=O)c2ccc([N+](=O)[O-])c(Cl)c2)C1. The van der Waals surface area contributed by atoms with Crippen LogP contribution in [0.2, 0.25) is 5.02 Å². The summed E-state index contributed by atoms with van der Waals surface area (Å²) in [5.74, 6) is 0.367. The van der Waals surface area contributed by atoms with E-state index in [0.29, 0.717) is 11.5 Å². The summed E-state index contributed by atoms with van der Waals surface area (Å²) >= 11 is 5.89. The third kappa shape index (κ3) is 4.42. The zero-order valence-electron chi connectivity index (χ0n) is 13.5. The average Bonchev–Trinajstić information content (AvgIpc) is 2.94. The van der Waals surface area contributed by atoms with Gasteiger partial charge < -0.3 is 9.80 Å². The minimum atomic E-state index is -0.550. The third-order valence-corrected chi connectivity index (χ3v) is 4.44. The Morgan fingerprint density at radius 3 is 2.87 bits per heavy atom. The number of hydrogen-bond acceptors (Lipinski definition) is 4. The lowest BCUT2D eigenvalue weighted by atomic mass is 10.1. The van der Waals surface area contributed by atoms with Crippen LogP contribution in [0.5, 0.6) is 0 Å². The summed E-state index contributed by atoms with van der Waals surface area (Å²) < 4.78 is 0. The average molecular weight is 340 g/mol. The molecule has 6 nitrogen and oxygen atoms in total. The molecule has 1 saturated heterocycles. The van der Waals surface area contributed by atoms with Gasteiger partial charge in [-0.1, -0.05) is 18.5 Å². The second kappa shape index (κ2) is 7.75. The van der Waals surface area contributed by atoms with Crippen LogP contribution in [0, 0.1) is 16.0 Å². The number of benzene rings is 1. The van der Waals surface area contributed by atoms with Gasteiger partial charge >= 0.3 is 0 Å². The minimum Gasteiger partial charge on any atom is -0.338 e. The van der Waals surface area contributed by atoms with E-state index in [-0.39, 0.29) is 16.6 Å². The van der Waals surface area contributed by atoms with E-state index in [2.05, 4.69) is 18.9 Å². The first-order chi connectivity index (χ1) is 10.9. The maximum Gasteiger partial charge on any atom is 0.287 e. The summed E-state index contributed by atoms with van der Waals surface area (Å²) in [5, 5.41) is 10.8. The highest BCUT2D eigenvalue weighted by molar-refractivity contribution is 6.33. The van der Waals surface area contributed by atoms with Crippen molar-refractivity contribution in [2.24, 2.45) is 5.92 Å². The highest BCUT2D eigenvalue weighted by Crippen LogP contribution is 2.27. The number of carbonyl (C=O) groups excluding carboxylic acids is 1. The fraction of sp³-hybridized carbons (Fsp3) is 0.562. The number of likely N-dealkylation sites (tertiary alicyclic amines) is 1. The lowest BCUT2D eigenvalue weighted by Crippen LogP contribution is -2.32. The van der Waals surface area contributed by atoms with Crippen molar-refractivity contribution in [2.45, 2.75) is 19.8 Å². The van der Waals surface area contributed by atoms with E-state index in [1.807, 2.05) is 4.90 Å². The molecule has 1 aromatic carbocycles. The number of halogens is 1. The minimum absolute atomic E-state index is 0.000670. The normalized spacial score (nSPS) is 17.7. The van der Waals surface area contributed by atoms with Gasteiger partial charge in [0.2, 0.25) is 0 Å². The van der Waals surface area contributed by atoms with E-state index in [1.165, 1.54) is 18.2 Å². The van der Waals surface area contributed by atoms with E-state index < -0.39 is 4.92 Å². The van der Waals surface area contributed by atoms with Crippen molar-refractivity contribution in [1.29, 1.82) is 0 Å². The Morgan fingerprint density at radius 2 is 2.26 bits per heavy atom. The Bertz CT molecular complexity index is 594. The number of rotatable bonds is 6. The number of amides is 1. The molecule has 2 rings (SSSR count). The van der Waals surface area contributed by atoms with Crippen LogP contribution in [0.1, 0.15) is 30.1 Å². The lowest BCUT2D eigenvalue weighted by Gasteiger charge is -2.21. The van der Waals surface area contributed by atoms with Crippen molar-refractivity contribution in [3.05, 3.63) is 38.9 Å². The van der Waals surface area contributed by atoms with Gasteiger partial charge in [-0.3, -0.25) is 14.9 Å². The first-order valence-electron chi connectivity index (χ1n) is 7.84. The molecule has 0 radical (unpaired) electrons. The second-order valence-corrected chi connectivity index (χ2v) is 6.50. The van der Waals surface area contributed by atoms with Crippen LogP contribution in [-0.4, -0.2) is 53.9 Å². The maximum absolute atomic E-state index is 12.5. The summed E-state index contributed by atoms with van der Waals surface area (Å²) in [6.07, 6.45) is 2.10. The zero-order chi connectivity index (χ0) is 17.0. The molecule has 1 heterocycles. The Morgan fingerprint density at radius 1 is 1.52 bits per heavy atom. The number of nitrogens with zero attached hydrogens (tertiary/aromatic N) is 3. The molecule has 0 spiro atoms. The van der Waals surface area contributed by atoms with Crippen molar-refractivity contribution in [3.63, 3.8) is 0 Å². The molecule has 23 heavy (non-hydrogen) atoms. The Hall–Kier alpha value is -1.66. The number of nitro benzene ring substituents is 1. The summed E-state index contributed by atoms with van der Waals surface area (Å²) in [6, 6.07) is 4.15. The Labute approximate surface area is 141 Å². The first-order valence-corrected chi connectivity index (χ1v) is 8.22. The summed E-state index contributed by atoms with van der Waals surface area (Å²) in [7, 11) is 2.10. The van der Waals surface area contributed by atoms with Crippen molar-refractivity contribution in [2.75, 3.05) is 33.2 Å². The van der Waals surface area contributed by atoms with Gasteiger partial charge in [0.15, 0.2) is 0 Å². The molecule has 126 valence electrons. The summed E-state index contributed by atoms with van der Waals surface area (Å²) in [6.45, 7) is 5.64. The Balaban J connectivity index is 1.99. The largest absolute Gasteiger partial charge is 0.338 e. The molecule has 0 N–H and O–H groups in total. The molecule has 0 bridgehead atoms. The zero-order valence-corrected chi connectivity index (χ0v) is 14.3. The van der Waals surface area contributed by atoms with Crippen LogP contribution < -0.4 is 0 Å². The van der Waals surface area contributed by atoms with Crippen LogP contribution >= 0.6 is 11.6 Å². The van der Waals surface area contributed by atoms with Crippen molar-refractivity contribution in [1.82, 2.24) is 9.80 Å². The maximum atomic E-state index is 12.5. The molecular formula is C16H22ClN3O3. The molecule has 0 aromatic heterocycles. The third-order valence-electron chi connectivity index (χ3n) is 4.14. The molecule has 7 heteroatoms. The van der Waals surface area contributed by atoms with Gasteiger partial charge in [0.25, 0.3) is 11.6 Å². The van der Waals surface area contributed by atoms with E-state index in [9.17, 15) is 14.9 Å². The van der Waals surface area contributed by atoms with Gasteiger partial charge in [-0.25, -0.2) is 0 Å². The van der Waals surface area contributed by atoms with Gasteiger partial charge in [0.05, 0.1) is 4.92 Å². The van der Waals surface area contributed by atoms with Gasteiger partial charge in [0, 0.05) is 31.3 Å². The molecule has 1 fully saturated rings. The fourth-order valence-corrected chi connectivity index (χ4v) is 3.30. The van der Waals surface area contributed by atoms with Crippen molar-refractivity contribution in [3.8, 4) is 0 Å². The summed E-state index contributed by atoms with van der Waals surface area (Å²) in [5.41, 5.74) is 0.229. The van der Waals surface area contributed by atoms with Gasteiger partial charge in [0.1, 0.15) is 5.02 Å².